The Morgan fingerprint density at radius 2 is 1.75 bits per heavy atom. The van der Waals surface area contributed by atoms with Crippen LogP contribution in [0, 0.1) is 0 Å². The number of furan rings is 1. The molecule has 3 aromatic rings. The van der Waals surface area contributed by atoms with Gasteiger partial charge in [-0.05, 0) is 42.5 Å². The lowest BCUT2D eigenvalue weighted by Gasteiger charge is -2.12. The topological polar surface area (TPSA) is 96.6 Å². The maximum absolute atomic E-state index is 11.4. The number of carbonyl (C=O) groups is 1. The molecule has 6 nitrogen and oxygen atoms in total. The minimum Gasteiger partial charge on any atom is -0.453 e. The van der Waals surface area contributed by atoms with E-state index in [2.05, 4.69) is 5.32 Å². The molecule has 24 heavy (non-hydrogen) atoms. The molecule has 0 fully saturated rings. The van der Waals surface area contributed by atoms with Crippen molar-refractivity contribution in [3.05, 3.63) is 66.4 Å². The van der Waals surface area contributed by atoms with Gasteiger partial charge in [-0.15, -0.1) is 0 Å². The minimum absolute atomic E-state index is 0.118. The summed E-state index contributed by atoms with van der Waals surface area (Å²) >= 11 is 0. The summed E-state index contributed by atoms with van der Waals surface area (Å²) in [6, 6.07) is 16.4. The average Bonchev–Trinajstić information content (AvgIpc) is 3.04. The van der Waals surface area contributed by atoms with Crippen LogP contribution in [0.25, 0.3) is 11.3 Å². The maximum Gasteiger partial charge on any atom is 0.294 e. The third-order valence-electron chi connectivity index (χ3n) is 3.35. The van der Waals surface area contributed by atoms with E-state index in [1.807, 2.05) is 30.3 Å². The Morgan fingerprint density at radius 1 is 1.00 bits per heavy atom. The van der Waals surface area contributed by atoms with E-state index >= 15 is 0 Å². The molecule has 2 aromatic carbocycles. The number of hydrogen-bond donors (Lipinski definition) is 2. The van der Waals surface area contributed by atoms with Crippen LogP contribution in [0.5, 0.6) is 0 Å². The van der Waals surface area contributed by atoms with Crippen LogP contribution >= 0.6 is 0 Å². The third-order valence-corrected chi connectivity index (χ3v) is 4.20. The summed E-state index contributed by atoms with van der Waals surface area (Å²) in [4.78, 5) is 10.5. The molecule has 0 aliphatic rings. The Labute approximate surface area is 138 Å². The van der Waals surface area contributed by atoms with Crippen LogP contribution in [0.2, 0.25) is 0 Å². The molecule has 3 rings (SSSR count). The number of aldehydes is 1. The lowest BCUT2D eigenvalue weighted by atomic mass is 10.1. The molecule has 0 radical (unpaired) electrons. The van der Waals surface area contributed by atoms with Crippen LogP contribution in [-0.4, -0.2) is 19.3 Å². The minimum atomic E-state index is -4.36. The van der Waals surface area contributed by atoms with Crippen molar-refractivity contribution in [1.29, 1.82) is 0 Å². The lowest BCUT2D eigenvalue weighted by molar-refractivity contribution is 0.110. The molecule has 7 heteroatoms. The fourth-order valence-electron chi connectivity index (χ4n) is 2.23. The van der Waals surface area contributed by atoms with Crippen molar-refractivity contribution in [2.24, 2.45) is 0 Å². The molecule has 122 valence electrons. The first-order valence-corrected chi connectivity index (χ1v) is 8.40. The molecule has 0 bridgehead atoms. The lowest BCUT2D eigenvalue weighted by Crippen LogP contribution is -2.00. The number of para-hydroxylation sites is 1. The largest absolute Gasteiger partial charge is 0.453 e. The van der Waals surface area contributed by atoms with Gasteiger partial charge in [-0.3, -0.25) is 9.35 Å². The fourth-order valence-corrected chi connectivity index (χ4v) is 2.74. The zero-order valence-corrected chi connectivity index (χ0v) is 13.2. The van der Waals surface area contributed by atoms with Crippen molar-refractivity contribution in [3.8, 4) is 11.3 Å². The van der Waals surface area contributed by atoms with Gasteiger partial charge in [-0.2, -0.15) is 8.42 Å². The molecule has 1 aromatic heterocycles. The second-order valence-electron chi connectivity index (χ2n) is 4.99. The van der Waals surface area contributed by atoms with Crippen molar-refractivity contribution >= 4 is 27.8 Å². The van der Waals surface area contributed by atoms with Gasteiger partial charge in [0.05, 0.1) is 4.90 Å². The normalized spacial score (nSPS) is 11.2. The van der Waals surface area contributed by atoms with Gasteiger partial charge in [0.25, 0.3) is 10.1 Å². The molecule has 0 unspecified atom stereocenters. The Bertz CT molecular complexity index is 977. The van der Waals surface area contributed by atoms with Gasteiger partial charge in [0, 0.05) is 16.9 Å². The molecule has 0 spiro atoms. The van der Waals surface area contributed by atoms with Crippen LogP contribution in [0.4, 0.5) is 11.4 Å². The van der Waals surface area contributed by atoms with Crippen molar-refractivity contribution in [2.75, 3.05) is 5.32 Å². The number of benzene rings is 2. The van der Waals surface area contributed by atoms with Crippen LogP contribution < -0.4 is 5.32 Å². The van der Waals surface area contributed by atoms with Gasteiger partial charge in [0.15, 0.2) is 12.0 Å². The van der Waals surface area contributed by atoms with Crippen molar-refractivity contribution in [2.45, 2.75) is 4.90 Å². The number of carbonyl (C=O) groups excluding carboxylic acids is 1. The number of anilines is 2. The predicted octanol–water partition coefficient (Wildman–Crippen LogP) is 3.75. The summed E-state index contributed by atoms with van der Waals surface area (Å²) in [7, 11) is -4.36. The Balaban J connectivity index is 2.12. The van der Waals surface area contributed by atoms with E-state index < -0.39 is 10.1 Å². The highest BCUT2D eigenvalue weighted by Crippen LogP contribution is 2.33. The Kier molecular flexibility index (Phi) is 4.20. The molecular formula is C17H13NO5S. The number of nitrogens with one attached hydrogen (secondary N) is 1. The van der Waals surface area contributed by atoms with Crippen LogP contribution in [0.3, 0.4) is 0 Å². The second-order valence-corrected chi connectivity index (χ2v) is 6.41. The van der Waals surface area contributed by atoms with Gasteiger partial charge in [-0.1, -0.05) is 18.2 Å². The van der Waals surface area contributed by atoms with Crippen LogP contribution in [0.15, 0.2) is 70.0 Å². The highest BCUT2D eigenvalue weighted by molar-refractivity contribution is 7.85. The molecule has 2 N–H and O–H groups in total. The van der Waals surface area contributed by atoms with E-state index in [0.717, 1.165) is 5.69 Å². The van der Waals surface area contributed by atoms with E-state index in [4.69, 9.17) is 4.42 Å². The maximum atomic E-state index is 11.4. The summed E-state index contributed by atoms with van der Waals surface area (Å²) in [5.74, 6) is 0.425. The van der Waals surface area contributed by atoms with E-state index in [0.29, 0.717) is 23.3 Å². The van der Waals surface area contributed by atoms with Gasteiger partial charge in [0.2, 0.25) is 0 Å². The monoisotopic (exact) mass is 343 g/mol. The molecule has 0 saturated carbocycles. The number of rotatable bonds is 5. The third kappa shape index (κ3) is 3.37. The highest BCUT2D eigenvalue weighted by atomic mass is 32.2. The van der Waals surface area contributed by atoms with Gasteiger partial charge in [-0.25, -0.2) is 0 Å². The predicted molar refractivity (Wildman–Crippen MR) is 89.1 cm³/mol. The van der Waals surface area contributed by atoms with Crippen molar-refractivity contribution in [3.63, 3.8) is 0 Å². The summed E-state index contributed by atoms with van der Waals surface area (Å²) in [5.41, 5.74) is 1.77. The Hall–Kier alpha value is -2.90. The average molecular weight is 343 g/mol. The van der Waals surface area contributed by atoms with E-state index in [1.54, 1.807) is 6.07 Å². The fraction of sp³-hybridized carbons (Fsp3) is 0. The first kappa shape index (κ1) is 16.0. The first-order chi connectivity index (χ1) is 11.5. The standard InChI is InChI=1S/C17H13NO5S/c19-11-13-6-9-17(23-13)15-10-14(24(20,21)22)7-8-16(15)18-12-4-2-1-3-5-12/h1-11,18H,(H,20,21,22). The summed E-state index contributed by atoms with van der Waals surface area (Å²) in [5, 5.41) is 3.15. The van der Waals surface area contributed by atoms with Gasteiger partial charge < -0.3 is 9.73 Å². The molecule has 1 heterocycles. The van der Waals surface area contributed by atoms with E-state index in [-0.39, 0.29) is 10.7 Å². The van der Waals surface area contributed by atoms with Gasteiger partial charge in [0.1, 0.15) is 5.76 Å². The van der Waals surface area contributed by atoms with E-state index in [9.17, 15) is 17.8 Å². The number of hydrogen-bond acceptors (Lipinski definition) is 5. The quantitative estimate of drug-likeness (QED) is 0.541. The molecule has 0 aliphatic heterocycles. The molecular weight excluding hydrogens is 330 g/mol. The highest BCUT2D eigenvalue weighted by Gasteiger charge is 2.16. The van der Waals surface area contributed by atoms with Crippen molar-refractivity contribution in [1.82, 2.24) is 0 Å². The molecule has 0 aliphatic carbocycles. The zero-order chi connectivity index (χ0) is 17.2. The summed E-state index contributed by atoms with van der Waals surface area (Å²) < 4.78 is 37.4. The SMILES string of the molecule is O=Cc1ccc(-c2cc(S(=O)(=O)O)ccc2Nc2ccccc2)o1. The van der Waals surface area contributed by atoms with Crippen molar-refractivity contribution < 1.29 is 22.2 Å². The zero-order valence-electron chi connectivity index (χ0n) is 12.3. The summed E-state index contributed by atoms with van der Waals surface area (Å²) in [6.45, 7) is 0. The molecule has 0 atom stereocenters. The summed E-state index contributed by atoms with van der Waals surface area (Å²) in [6.07, 6.45) is 0.556. The molecule has 0 amide bonds. The van der Waals surface area contributed by atoms with Gasteiger partial charge >= 0.3 is 0 Å². The Morgan fingerprint density at radius 3 is 2.38 bits per heavy atom. The van der Waals surface area contributed by atoms with E-state index in [1.165, 1.54) is 24.3 Å². The first-order valence-electron chi connectivity index (χ1n) is 6.96. The molecule has 0 saturated heterocycles. The van der Waals surface area contributed by atoms with Crippen LogP contribution in [-0.2, 0) is 10.1 Å². The second kappa shape index (κ2) is 6.31. The van der Waals surface area contributed by atoms with Crippen LogP contribution in [0.1, 0.15) is 10.6 Å². The smallest absolute Gasteiger partial charge is 0.294 e.